The summed E-state index contributed by atoms with van der Waals surface area (Å²) >= 11 is 1.73. The van der Waals surface area contributed by atoms with Gasteiger partial charge in [0.2, 0.25) is 0 Å². The van der Waals surface area contributed by atoms with Crippen LogP contribution in [0.1, 0.15) is 29.1 Å². The first kappa shape index (κ1) is 15.9. The van der Waals surface area contributed by atoms with Gasteiger partial charge in [-0.25, -0.2) is 4.98 Å². The first-order valence-electron chi connectivity index (χ1n) is 7.78. The highest BCUT2D eigenvalue weighted by Gasteiger charge is 2.20. The van der Waals surface area contributed by atoms with Gasteiger partial charge in [-0.3, -0.25) is 9.69 Å². The maximum absolute atomic E-state index is 12.5. The molecule has 0 radical (unpaired) electrons. The SMILES string of the molecule is Cl.O=c1[nH]c(CN2CCNCC2)nc2sc3c(c12)CCCC3. The van der Waals surface area contributed by atoms with Gasteiger partial charge in [-0.05, 0) is 31.2 Å². The molecule has 5 nitrogen and oxygen atoms in total. The van der Waals surface area contributed by atoms with E-state index in [0.29, 0.717) is 0 Å². The average molecular weight is 341 g/mol. The van der Waals surface area contributed by atoms with Crippen LogP contribution in [-0.4, -0.2) is 41.0 Å². The summed E-state index contributed by atoms with van der Waals surface area (Å²) in [4.78, 5) is 24.9. The molecule has 4 rings (SSSR count). The Morgan fingerprint density at radius 1 is 1.18 bits per heavy atom. The Labute approximate surface area is 139 Å². The number of piperazine rings is 1. The third-order valence-electron chi connectivity index (χ3n) is 4.46. The normalized spacial score (nSPS) is 18.9. The van der Waals surface area contributed by atoms with E-state index >= 15 is 0 Å². The summed E-state index contributed by atoms with van der Waals surface area (Å²) in [5.74, 6) is 0.813. The highest BCUT2D eigenvalue weighted by atomic mass is 35.5. The maximum atomic E-state index is 12.5. The fraction of sp³-hybridized carbons (Fsp3) is 0.600. The van der Waals surface area contributed by atoms with Crippen molar-refractivity contribution in [3.63, 3.8) is 0 Å². The van der Waals surface area contributed by atoms with Crippen molar-refractivity contribution in [2.24, 2.45) is 0 Å². The highest BCUT2D eigenvalue weighted by Crippen LogP contribution is 2.33. The molecule has 0 bridgehead atoms. The van der Waals surface area contributed by atoms with E-state index in [9.17, 15) is 4.79 Å². The zero-order valence-corrected chi connectivity index (χ0v) is 14.1. The molecule has 2 aliphatic rings. The average Bonchev–Trinajstić information content (AvgIpc) is 2.87. The minimum absolute atomic E-state index is 0. The van der Waals surface area contributed by atoms with Crippen LogP contribution in [0.15, 0.2) is 4.79 Å². The van der Waals surface area contributed by atoms with Crippen molar-refractivity contribution in [1.82, 2.24) is 20.2 Å². The van der Waals surface area contributed by atoms with Crippen molar-refractivity contribution in [3.05, 3.63) is 26.6 Å². The van der Waals surface area contributed by atoms with E-state index in [2.05, 4.69) is 15.2 Å². The first-order chi connectivity index (χ1) is 10.3. The minimum Gasteiger partial charge on any atom is -0.314 e. The molecule has 1 fully saturated rings. The summed E-state index contributed by atoms with van der Waals surface area (Å²) in [5.41, 5.74) is 1.33. The third-order valence-corrected chi connectivity index (χ3v) is 5.64. The molecular formula is C15H21ClN4OS. The molecule has 0 amide bonds. The topological polar surface area (TPSA) is 61.0 Å². The van der Waals surface area contributed by atoms with Crippen LogP contribution in [0.4, 0.5) is 0 Å². The van der Waals surface area contributed by atoms with Gasteiger partial charge in [0.25, 0.3) is 5.56 Å². The molecule has 2 aromatic heterocycles. The van der Waals surface area contributed by atoms with Crippen LogP contribution >= 0.6 is 23.7 Å². The number of nitrogens with one attached hydrogen (secondary N) is 2. The zero-order chi connectivity index (χ0) is 14.2. The third kappa shape index (κ3) is 2.93. The number of aromatic amines is 1. The molecule has 2 aromatic rings. The number of hydrogen-bond acceptors (Lipinski definition) is 5. The lowest BCUT2D eigenvalue weighted by Crippen LogP contribution is -2.43. The number of aromatic nitrogens is 2. The smallest absolute Gasteiger partial charge is 0.259 e. The second kappa shape index (κ2) is 6.66. The van der Waals surface area contributed by atoms with Crippen LogP contribution in [-0.2, 0) is 19.4 Å². The van der Waals surface area contributed by atoms with Gasteiger partial charge in [0, 0.05) is 31.1 Å². The van der Waals surface area contributed by atoms with Crippen molar-refractivity contribution >= 4 is 34.0 Å². The zero-order valence-electron chi connectivity index (χ0n) is 12.5. The molecular weight excluding hydrogens is 320 g/mol. The fourth-order valence-corrected chi connectivity index (χ4v) is 4.65. The van der Waals surface area contributed by atoms with E-state index in [-0.39, 0.29) is 18.0 Å². The number of aryl methyl sites for hydroxylation is 2. The van der Waals surface area contributed by atoms with E-state index in [4.69, 9.17) is 4.98 Å². The molecule has 1 saturated heterocycles. The Morgan fingerprint density at radius 3 is 2.77 bits per heavy atom. The molecule has 0 atom stereocenters. The number of nitrogens with zero attached hydrogens (tertiary/aromatic N) is 2. The number of fused-ring (bicyclic) bond motifs is 3. The molecule has 2 N–H and O–H groups in total. The molecule has 0 spiro atoms. The van der Waals surface area contributed by atoms with E-state index < -0.39 is 0 Å². The summed E-state index contributed by atoms with van der Waals surface area (Å²) in [6.45, 7) is 4.81. The lowest BCUT2D eigenvalue weighted by molar-refractivity contribution is 0.228. The number of thiophene rings is 1. The molecule has 3 heterocycles. The molecule has 1 aliphatic heterocycles. The van der Waals surface area contributed by atoms with Gasteiger partial charge in [-0.2, -0.15) is 0 Å². The largest absolute Gasteiger partial charge is 0.314 e. The quantitative estimate of drug-likeness (QED) is 0.873. The molecule has 120 valence electrons. The van der Waals surface area contributed by atoms with Crippen LogP contribution in [0.5, 0.6) is 0 Å². The summed E-state index contributed by atoms with van der Waals surface area (Å²) in [5, 5.41) is 4.20. The Kier molecular flexibility index (Phi) is 4.82. The van der Waals surface area contributed by atoms with Gasteiger partial charge in [0.15, 0.2) is 0 Å². The van der Waals surface area contributed by atoms with Crippen molar-refractivity contribution in [1.29, 1.82) is 0 Å². The Hall–Kier alpha value is -0.950. The van der Waals surface area contributed by atoms with Crippen LogP contribution in [0.2, 0.25) is 0 Å². The Morgan fingerprint density at radius 2 is 1.95 bits per heavy atom. The molecule has 0 unspecified atom stereocenters. The summed E-state index contributed by atoms with van der Waals surface area (Å²) in [6, 6.07) is 0. The highest BCUT2D eigenvalue weighted by molar-refractivity contribution is 7.18. The van der Waals surface area contributed by atoms with Crippen LogP contribution < -0.4 is 10.9 Å². The second-order valence-electron chi connectivity index (χ2n) is 5.93. The summed E-state index contributed by atoms with van der Waals surface area (Å²) < 4.78 is 0. The van der Waals surface area contributed by atoms with E-state index in [1.807, 2.05) is 0 Å². The van der Waals surface area contributed by atoms with Gasteiger partial charge in [-0.1, -0.05) is 0 Å². The van der Waals surface area contributed by atoms with Crippen molar-refractivity contribution in [3.8, 4) is 0 Å². The van der Waals surface area contributed by atoms with Crippen molar-refractivity contribution in [2.75, 3.05) is 26.2 Å². The molecule has 22 heavy (non-hydrogen) atoms. The number of H-pyrrole nitrogens is 1. The monoisotopic (exact) mass is 340 g/mol. The van der Waals surface area contributed by atoms with Crippen LogP contribution in [0, 0.1) is 0 Å². The lowest BCUT2D eigenvalue weighted by Gasteiger charge is -2.26. The van der Waals surface area contributed by atoms with E-state index in [0.717, 1.165) is 61.6 Å². The van der Waals surface area contributed by atoms with Gasteiger partial charge in [-0.15, -0.1) is 23.7 Å². The van der Waals surface area contributed by atoms with E-state index in [1.165, 1.54) is 23.3 Å². The standard InChI is InChI=1S/C15H20N4OS.ClH/c20-14-13-10-3-1-2-4-11(10)21-15(13)18-12(17-14)9-19-7-5-16-6-8-19;/h16H,1-9H2,(H,17,18,20);1H. The predicted octanol–water partition coefficient (Wildman–Crippen LogP) is 1.69. The van der Waals surface area contributed by atoms with Crippen molar-refractivity contribution in [2.45, 2.75) is 32.2 Å². The minimum atomic E-state index is 0. The second-order valence-corrected chi connectivity index (χ2v) is 7.01. The number of rotatable bonds is 2. The van der Waals surface area contributed by atoms with Gasteiger partial charge >= 0.3 is 0 Å². The van der Waals surface area contributed by atoms with Crippen LogP contribution in [0.3, 0.4) is 0 Å². The van der Waals surface area contributed by atoms with Crippen molar-refractivity contribution < 1.29 is 0 Å². The van der Waals surface area contributed by atoms with E-state index in [1.54, 1.807) is 11.3 Å². The van der Waals surface area contributed by atoms with Crippen LogP contribution in [0.25, 0.3) is 10.2 Å². The van der Waals surface area contributed by atoms with Gasteiger partial charge in [0.1, 0.15) is 10.7 Å². The fourth-order valence-electron chi connectivity index (χ4n) is 3.36. The number of halogens is 1. The summed E-state index contributed by atoms with van der Waals surface area (Å²) in [6.07, 6.45) is 4.59. The lowest BCUT2D eigenvalue weighted by atomic mass is 9.97. The maximum Gasteiger partial charge on any atom is 0.259 e. The molecule has 1 aliphatic carbocycles. The Balaban J connectivity index is 0.00000144. The van der Waals surface area contributed by atoms with Gasteiger partial charge < -0.3 is 10.3 Å². The first-order valence-corrected chi connectivity index (χ1v) is 8.59. The number of hydrogen-bond donors (Lipinski definition) is 2. The van der Waals surface area contributed by atoms with Gasteiger partial charge in [0.05, 0.1) is 11.9 Å². The molecule has 7 heteroatoms. The molecule has 0 aromatic carbocycles. The Bertz CT molecular complexity index is 720. The molecule has 0 saturated carbocycles. The predicted molar refractivity (Wildman–Crippen MR) is 92.3 cm³/mol. The summed E-state index contributed by atoms with van der Waals surface area (Å²) in [7, 11) is 0.